The van der Waals surface area contributed by atoms with Crippen molar-refractivity contribution in [3.63, 3.8) is 0 Å². The molecule has 0 bridgehead atoms. The van der Waals surface area contributed by atoms with Gasteiger partial charge in [-0.05, 0) is 24.8 Å². The fraction of sp³-hybridized carbons (Fsp3) is 0.556. The Bertz CT molecular complexity index is 480. The van der Waals surface area contributed by atoms with E-state index >= 15 is 0 Å². The molecule has 0 atom stereocenters. The van der Waals surface area contributed by atoms with E-state index in [0.29, 0.717) is 32.0 Å². The highest BCUT2D eigenvalue weighted by Crippen LogP contribution is 2.08. The lowest BCUT2D eigenvalue weighted by Gasteiger charge is -2.21. The molecule has 0 aliphatic heterocycles. The molecule has 0 aliphatic rings. The van der Waals surface area contributed by atoms with Gasteiger partial charge in [0.1, 0.15) is 0 Å². The second-order valence-electron chi connectivity index (χ2n) is 6.21. The van der Waals surface area contributed by atoms with Crippen molar-refractivity contribution < 1.29 is 9.59 Å². The zero-order chi connectivity index (χ0) is 16.5. The summed E-state index contributed by atoms with van der Waals surface area (Å²) in [5.74, 6) is 0.585. The largest absolute Gasteiger partial charge is 0.356 e. The summed E-state index contributed by atoms with van der Waals surface area (Å²) >= 11 is 0. The van der Waals surface area contributed by atoms with Crippen LogP contribution in [0.1, 0.15) is 44.7 Å². The Morgan fingerprint density at radius 3 is 2.36 bits per heavy atom. The Hall–Kier alpha value is -1.84. The summed E-state index contributed by atoms with van der Waals surface area (Å²) < 4.78 is 0. The molecule has 1 rings (SSSR count). The van der Waals surface area contributed by atoms with Gasteiger partial charge in [0.25, 0.3) is 0 Å². The maximum absolute atomic E-state index is 11.8. The van der Waals surface area contributed by atoms with E-state index in [1.54, 1.807) is 11.8 Å². The average molecular weight is 304 g/mol. The van der Waals surface area contributed by atoms with Gasteiger partial charge in [-0.1, -0.05) is 43.7 Å². The Morgan fingerprint density at radius 1 is 1.18 bits per heavy atom. The van der Waals surface area contributed by atoms with Crippen LogP contribution in [-0.4, -0.2) is 29.8 Å². The summed E-state index contributed by atoms with van der Waals surface area (Å²) in [6.45, 7) is 9.55. The zero-order valence-corrected chi connectivity index (χ0v) is 14.2. The zero-order valence-electron chi connectivity index (χ0n) is 14.2. The van der Waals surface area contributed by atoms with E-state index in [9.17, 15) is 9.59 Å². The average Bonchev–Trinajstić information content (AvgIpc) is 2.44. The van der Waals surface area contributed by atoms with Gasteiger partial charge in [-0.2, -0.15) is 0 Å². The molecular weight excluding hydrogens is 276 g/mol. The fourth-order valence-electron chi connectivity index (χ4n) is 2.09. The van der Waals surface area contributed by atoms with Crippen LogP contribution in [0.25, 0.3) is 0 Å². The van der Waals surface area contributed by atoms with E-state index in [2.05, 4.69) is 19.2 Å². The molecule has 1 N–H and O–H groups in total. The monoisotopic (exact) mass is 304 g/mol. The lowest BCUT2D eigenvalue weighted by Crippen LogP contribution is -2.34. The molecule has 122 valence electrons. The van der Waals surface area contributed by atoms with Crippen LogP contribution in [0.4, 0.5) is 0 Å². The van der Waals surface area contributed by atoms with Gasteiger partial charge in [0, 0.05) is 33.0 Å². The van der Waals surface area contributed by atoms with Gasteiger partial charge in [0.2, 0.25) is 11.8 Å². The van der Waals surface area contributed by atoms with Crippen molar-refractivity contribution in [2.24, 2.45) is 5.92 Å². The summed E-state index contributed by atoms with van der Waals surface area (Å²) in [6, 6.07) is 8.11. The normalized spacial score (nSPS) is 10.6. The predicted octanol–water partition coefficient (Wildman–Crippen LogP) is 2.90. The summed E-state index contributed by atoms with van der Waals surface area (Å²) in [7, 11) is 0. The van der Waals surface area contributed by atoms with E-state index in [0.717, 1.165) is 12.0 Å². The van der Waals surface area contributed by atoms with Gasteiger partial charge in [-0.3, -0.25) is 9.59 Å². The third-order valence-corrected chi connectivity index (χ3v) is 3.59. The van der Waals surface area contributed by atoms with Gasteiger partial charge >= 0.3 is 0 Å². The van der Waals surface area contributed by atoms with Crippen LogP contribution < -0.4 is 5.32 Å². The van der Waals surface area contributed by atoms with Crippen molar-refractivity contribution in [3.05, 3.63) is 35.4 Å². The third-order valence-electron chi connectivity index (χ3n) is 3.59. The number of hydrogen-bond donors (Lipinski definition) is 1. The highest BCUT2D eigenvalue weighted by Gasteiger charge is 2.11. The van der Waals surface area contributed by atoms with Crippen LogP contribution >= 0.6 is 0 Å². The topological polar surface area (TPSA) is 49.4 Å². The van der Waals surface area contributed by atoms with Gasteiger partial charge in [0.05, 0.1) is 0 Å². The first-order chi connectivity index (χ1) is 10.4. The minimum atomic E-state index is -0.00412. The number of nitrogens with zero attached hydrogens (tertiary/aromatic N) is 1. The molecule has 1 aromatic rings. The molecule has 0 aliphatic carbocycles. The van der Waals surface area contributed by atoms with Crippen molar-refractivity contribution in [3.8, 4) is 0 Å². The van der Waals surface area contributed by atoms with Gasteiger partial charge in [-0.25, -0.2) is 0 Å². The van der Waals surface area contributed by atoms with E-state index in [4.69, 9.17) is 0 Å². The number of aryl methyl sites for hydroxylation is 1. The van der Waals surface area contributed by atoms with Gasteiger partial charge in [-0.15, -0.1) is 0 Å². The summed E-state index contributed by atoms with van der Waals surface area (Å²) in [5.41, 5.74) is 2.28. The third kappa shape index (κ3) is 7.25. The maximum Gasteiger partial charge on any atom is 0.221 e. The number of amides is 2. The van der Waals surface area contributed by atoms with E-state index in [-0.39, 0.29) is 11.8 Å². The molecule has 0 unspecified atom stereocenters. The van der Waals surface area contributed by atoms with Crippen molar-refractivity contribution in [1.82, 2.24) is 10.2 Å². The minimum absolute atomic E-state index is 0.00412. The quantitative estimate of drug-likeness (QED) is 0.803. The second-order valence-corrected chi connectivity index (χ2v) is 6.21. The Labute approximate surface area is 133 Å². The Balaban J connectivity index is 2.42. The molecule has 1 aromatic carbocycles. The first-order valence-electron chi connectivity index (χ1n) is 7.96. The smallest absolute Gasteiger partial charge is 0.221 e. The van der Waals surface area contributed by atoms with Crippen molar-refractivity contribution >= 4 is 11.8 Å². The van der Waals surface area contributed by atoms with Crippen LogP contribution in [0.2, 0.25) is 0 Å². The number of carbonyl (C=O) groups excluding carboxylic acids is 2. The lowest BCUT2D eigenvalue weighted by atomic mass is 10.1. The number of carbonyl (C=O) groups is 2. The SMILES string of the molecule is CC(=O)N(CCC(=O)NCCC(C)C)Cc1ccc(C)cc1. The summed E-state index contributed by atoms with van der Waals surface area (Å²) in [4.78, 5) is 25.2. The molecule has 0 radical (unpaired) electrons. The van der Waals surface area contributed by atoms with E-state index < -0.39 is 0 Å². The van der Waals surface area contributed by atoms with Crippen molar-refractivity contribution in [2.75, 3.05) is 13.1 Å². The number of nitrogens with one attached hydrogen (secondary N) is 1. The van der Waals surface area contributed by atoms with Crippen molar-refractivity contribution in [2.45, 2.75) is 47.1 Å². The molecule has 4 nitrogen and oxygen atoms in total. The molecule has 0 saturated carbocycles. The van der Waals surface area contributed by atoms with Crippen LogP contribution in [0.15, 0.2) is 24.3 Å². The highest BCUT2D eigenvalue weighted by molar-refractivity contribution is 5.78. The molecule has 22 heavy (non-hydrogen) atoms. The summed E-state index contributed by atoms with van der Waals surface area (Å²) in [5, 5.41) is 2.90. The minimum Gasteiger partial charge on any atom is -0.356 e. The van der Waals surface area contributed by atoms with E-state index in [1.165, 1.54) is 5.56 Å². The molecule has 0 spiro atoms. The maximum atomic E-state index is 11.8. The van der Waals surface area contributed by atoms with Crippen LogP contribution in [0.3, 0.4) is 0 Å². The molecule has 0 saturated heterocycles. The first-order valence-corrected chi connectivity index (χ1v) is 7.96. The number of hydrogen-bond acceptors (Lipinski definition) is 2. The first kappa shape index (κ1) is 18.2. The van der Waals surface area contributed by atoms with Crippen LogP contribution in [-0.2, 0) is 16.1 Å². The second kappa shape index (κ2) is 9.23. The fourth-order valence-corrected chi connectivity index (χ4v) is 2.09. The Kier molecular flexibility index (Phi) is 7.64. The van der Waals surface area contributed by atoms with Crippen LogP contribution in [0.5, 0.6) is 0 Å². The van der Waals surface area contributed by atoms with Gasteiger partial charge < -0.3 is 10.2 Å². The number of benzene rings is 1. The predicted molar refractivity (Wildman–Crippen MR) is 89.4 cm³/mol. The van der Waals surface area contributed by atoms with Gasteiger partial charge in [0.15, 0.2) is 0 Å². The Morgan fingerprint density at radius 2 is 1.82 bits per heavy atom. The molecule has 0 fully saturated rings. The summed E-state index contributed by atoms with van der Waals surface area (Å²) in [6.07, 6.45) is 1.33. The molecule has 0 aromatic heterocycles. The van der Waals surface area contributed by atoms with Crippen LogP contribution in [0, 0.1) is 12.8 Å². The van der Waals surface area contributed by atoms with E-state index in [1.807, 2.05) is 31.2 Å². The van der Waals surface area contributed by atoms with Crippen molar-refractivity contribution in [1.29, 1.82) is 0 Å². The number of rotatable bonds is 8. The lowest BCUT2D eigenvalue weighted by molar-refractivity contribution is -0.130. The molecular formula is C18H28N2O2. The molecule has 4 heteroatoms. The standard InChI is InChI=1S/C18H28N2O2/c1-14(2)9-11-19-18(22)10-12-20(16(4)21)13-17-7-5-15(3)6-8-17/h5-8,14H,9-13H2,1-4H3,(H,19,22). The molecule has 2 amide bonds. The highest BCUT2D eigenvalue weighted by atomic mass is 16.2. The molecule has 0 heterocycles.